The van der Waals surface area contributed by atoms with Crippen LogP contribution < -0.4 is 5.73 Å². The smallest absolute Gasteiger partial charge is 0.131 e. The highest BCUT2D eigenvalue weighted by molar-refractivity contribution is 5.85. The number of rotatable bonds is 2. The molecule has 0 spiro atoms. The van der Waals surface area contributed by atoms with Gasteiger partial charge in [0.1, 0.15) is 11.6 Å². The van der Waals surface area contributed by atoms with E-state index >= 15 is 0 Å². The highest BCUT2D eigenvalue weighted by Gasteiger charge is 2.29. The van der Waals surface area contributed by atoms with Crippen molar-refractivity contribution in [3.8, 4) is 5.75 Å². The largest absolute Gasteiger partial charge is 0.507 e. The van der Waals surface area contributed by atoms with Gasteiger partial charge in [-0.15, -0.1) is 12.4 Å². The van der Waals surface area contributed by atoms with Crippen LogP contribution >= 0.6 is 12.4 Å². The fourth-order valence-corrected chi connectivity index (χ4v) is 2.04. The van der Waals surface area contributed by atoms with Gasteiger partial charge in [-0.2, -0.15) is 0 Å². The standard InChI is InChI=1S/C12H16FNO.ClH/c1-7-5-6-9(13)10(12(7)15)11(14)8-3-2-4-8;/h5-6,8,11,15H,2-4,14H2,1H3;1H/t11-;/m1./s1. The van der Waals surface area contributed by atoms with Crippen LogP contribution in [0.1, 0.15) is 36.4 Å². The molecule has 0 saturated heterocycles. The number of nitrogens with two attached hydrogens (primary N) is 1. The lowest BCUT2D eigenvalue weighted by Crippen LogP contribution is -2.27. The molecule has 0 unspecified atom stereocenters. The van der Waals surface area contributed by atoms with Crippen LogP contribution in [0.4, 0.5) is 4.39 Å². The van der Waals surface area contributed by atoms with Crippen molar-refractivity contribution < 1.29 is 9.50 Å². The summed E-state index contributed by atoms with van der Waals surface area (Å²) >= 11 is 0. The number of aromatic hydroxyl groups is 1. The van der Waals surface area contributed by atoms with E-state index in [0.717, 1.165) is 19.3 Å². The van der Waals surface area contributed by atoms with E-state index in [1.807, 2.05) is 0 Å². The predicted molar refractivity (Wildman–Crippen MR) is 64.3 cm³/mol. The molecule has 2 nitrogen and oxygen atoms in total. The maximum atomic E-state index is 13.6. The Kier molecular flexibility index (Phi) is 4.16. The van der Waals surface area contributed by atoms with Crippen molar-refractivity contribution in [2.75, 3.05) is 0 Å². The SMILES string of the molecule is Cc1ccc(F)c([C@H](N)C2CCC2)c1O.Cl. The van der Waals surface area contributed by atoms with E-state index in [-0.39, 0.29) is 24.2 Å². The number of phenolic OH excluding ortho intramolecular Hbond substituents is 1. The molecule has 1 atom stereocenters. The van der Waals surface area contributed by atoms with Gasteiger partial charge in [-0.25, -0.2) is 4.39 Å². The van der Waals surface area contributed by atoms with Crippen molar-refractivity contribution in [2.24, 2.45) is 11.7 Å². The van der Waals surface area contributed by atoms with Crippen molar-refractivity contribution in [2.45, 2.75) is 32.2 Å². The zero-order valence-corrected chi connectivity index (χ0v) is 10.1. The first kappa shape index (κ1) is 13.3. The van der Waals surface area contributed by atoms with E-state index in [4.69, 9.17) is 5.73 Å². The predicted octanol–water partition coefficient (Wildman–Crippen LogP) is 3.06. The van der Waals surface area contributed by atoms with Crippen LogP contribution in [0, 0.1) is 18.7 Å². The first-order valence-corrected chi connectivity index (χ1v) is 5.35. The van der Waals surface area contributed by atoms with Crippen molar-refractivity contribution in [1.82, 2.24) is 0 Å². The minimum absolute atomic E-state index is 0. The normalized spacial score (nSPS) is 17.4. The Morgan fingerprint density at radius 3 is 2.56 bits per heavy atom. The lowest BCUT2D eigenvalue weighted by Gasteiger charge is -2.32. The number of halogens is 2. The second-order valence-electron chi connectivity index (χ2n) is 4.34. The summed E-state index contributed by atoms with van der Waals surface area (Å²) in [5, 5.41) is 9.80. The van der Waals surface area contributed by atoms with Crippen molar-refractivity contribution in [3.63, 3.8) is 0 Å². The van der Waals surface area contributed by atoms with Crippen molar-refractivity contribution in [1.29, 1.82) is 0 Å². The van der Waals surface area contributed by atoms with Crippen molar-refractivity contribution >= 4 is 12.4 Å². The summed E-state index contributed by atoms with van der Waals surface area (Å²) in [6.45, 7) is 1.76. The molecule has 16 heavy (non-hydrogen) atoms. The summed E-state index contributed by atoms with van der Waals surface area (Å²) in [6.07, 6.45) is 3.23. The van der Waals surface area contributed by atoms with Gasteiger partial charge in [-0.1, -0.05) is 12.5 Å². The summed E-state index contributed by atoms with van der Waals surface area (Å²) in [6, 6.07) is 2.59. The Labute approximate surface area is 101 Å². The lowest BCUT2D eigenvalue weighted by atomic mass is 9.77. The van der Waals surface area contributed by atoms with Gasteiger partial charge in [-0.3, -0.25) is 0 Å². The van der Waals surface area contributed by atoms with E-state index in [9.17, 15) is 9.50 Å². The van der Waals surface area contributed by atoms with Gasteiger partial charge in [0.05, 0.1) is 0 Å². The van der Waals surface area contributed by atoms with E-state index in [2.05, 4.69) is 0 Å². The van der Waals surface area contributed by atoms with Gasteiger partial charge in [-0.05, 0) is 37.3 Å². The Hall–Kier alpha value is -0.800. The third-order valence-electron chi connectivity index (χ3n) is 3.36. The van der Waals surface area contributed by atoms with Gasteiger partial charge in [0.25, 0.3) is 0 Å². The molecule has 0 amide bonds. The maximum absolute atomic E-state index is 13.6. The topological polar surface area (TPSA) is 46.2 Å². The van der Waals surface area contributed by atoms with E-state index in [1.165, 1.54) is 6.07 Å². The molecule has 0 aliphatic heterocycles. The first-order chi connectivity index (χ1) is 7.11. The molecule has 3 N–H and O–H groups in total. The number of phenols is 1. The van der Waals surface area contributed by atoms with Gasteiger partial charge >= 0.3 is 0 Å². The molecule has 1 aromatic rings. The average Bonchev–Trinajstić information content (AvgIpc) is 2.09. The third-order valence-corrected chi connectivity index (χ3v) is 3.36. The number of hydrogen-bond donors (Lipinski definition) is 2. The molecule has 2 rings (SSSR count). The first-order valence-electron chi connectivity index (χ1n) is 5.35. The van der Waals surface area contributed by atoms with E-state index < -0.39 is 5.82 Å². The van der Waals surface area contributed by atoms with Crippen LogP contribution in [0.2, 0.25) is 0 Å². The zero-order chi connectivity index (χ0) is 11.0. The van der Waals surface area contributed by atoms with Crippen molar-refractivity contribution in [3.05, 3.63) is 29.1 Å². The van der Waals surface area contributed by atoms with Crippen LogP contribution in [-0.2, 0) is 0 Å². The molecule has 1 fully saturated rings. The molecule has 0 bridgehead atoms. The minimum Gasteiger partial charge on any atom is -0.507 e. The Balaban J connectivity index is 0.00000128. The van der Waals surface area contributed by atoms with E-state index in [1.54, 1.807) is 13.0 Å². The van der Waals surface area contributed by atoms with Crippen LogP contribution in [0.25, 0.3) is 0 Å². The Bertz CT molecular complexity index is 380. The Morgan fingerprint density at radius 1 is 1.44 bits per heavy atom. The molecular weight excluding hydrogens is 229 g/mol. The summed E-state index contributed by atoms with van der Waals surface area (Å²) in [7, 11) is 0. The summed E-state index contributed by atoms with van der Waals surface area (Å²) in [5.74, 6) is -0.0425. The van der Waals surface area contributed by atoms with Crippen LogP contribution in [0.5, 0.6) is 5.75 Å². The second kappa shape index (κ2) is 5.02. The quantitative estimate of drug-likeness (QED) is 0.841. The fourth-order valence-electron chi connectivity index (χ4n) is 2.04. The Morgan fingerprint density at radius 2 is 2.06 bits per heavy atom. The van der Waals surface area contributed by atoms with Crippen LogP contribution in [-0.4, -0.2) is 5.11 Å². The zero-order valence-electron chi connectivity index (χ0n) is 9.24. The van der Waals surface area contributed by atoms with Gasteiger partial charge in [0.15, 0.2) is 0 Å². The second-order valence-corrected chi connectivity index (χ2v) is 4.34. The lowest BCUT2D eigenvalue weighted by molar-refractivity contribution is 0.256. The summed E-state index contributed by atoms with van der Waals surface area (Å²) in [4.78, 5) is 0. The molecule has 0 heterocycles. The molecule has 4 heteroatoms. The molecule has 0 radical (unpaired) electrons. The minimum atomic E-state index is -0.391. The average molecular weight is 246 g/mol. The highest BCUT2D eigenvalue weighted by atomic mass is 35.5. The van der Waals surface area contributed by atoms with E-state index in [0.29, 0.717) is 17.0 Å². The number of aryl methyl sites for hydroxylation is 1. The molecule has 1 aromatic carbocycles. The summed E-state index contributed by atoms with van der Waals surface area (Å²) in [5.41, 5.74) is 6.94. The van der Waals surface area contributed by atoms with Crippen LogP contribution in [0.3, 0.4) is 0 Å². The molecule has 0 aromatic heterocycles. The third kappa shape index (κ3) is 2.15. The molecular formula is C12H17ClFNO. The highest BCUT2D eigenvalue weighted by Crippen LogP contribution is 2.40. The molecule has 1 aliphatic carbocycles. The monoisotopic (exact) mass is 245 g/mol. The maximum Gasteiger partial charge on any atom is 0.131 e. The van der Waals surface area contributed by atoms with Gasteiger partial charge in [0.2, 0.25) is 0 Å². The molecule has 1 aliphatic rings. The van der Waals surface area contributed by atoms with Crippen LogP contribution in [0.15, 0.2) is 12.1 Å². The molecule has 1 saturated carbocycles. The fraction of sp³-hybridized carbons (Fsp3) is 0.500. The molecule has 90 valence electrons. The number of benzene rings is 1. The summed E-state index contributed by atoms with van der Waals surface area (Å²) < 4.78 is 13.6. The van der Waals surface area contributed by atoms with Gasteiger partial charge < -0.3 is 10.8 Å². The number of hydrogen-bond acceptors (Lipinski definition) is 2. The van der Waals surface area contributed by atoms with Gasteiger partial charge in [0, 0.05) is 11.6 Å².